The van der Waals surface area contributed by atoms with Gasteiger partial charge in [0.15, 0.2) is 0 Å². The van der Waals surface area contributed by atoms with Crippen molar-refractivity contribution in [3.05, 3.63) is 77.5 Å². The fraction of sp³-hybridized carbons (Fsp3) is 0.273. The summed E-state index contributed by atoms with van der Waals surface area (Å²) in [6.07, 6.45) is -2.92. The van der Waals surface area contributed by atoms with E-state index in [1.54, 1.807) is 29.2 Å². The number of rotatable bonds is 7. The standard InChI is InChI=1S/C22H22F3N3O/c1-3-16-10-12-18(13-11-16)28(4-2)21-26-14-19(22(23,24)25)20(27-21)29-15-17-8-6-5-7-9-17/h5-14H,3-4,15H2,1-2H3. The SMILES string of the molecule is CCc1ccc(N(CC)c2ncc(C(F)(F)F)c(OCc3ccccc3)n2)cc1. The molecular formula is C22H22F3N3O. The molecule has 3 rings (SSSR count). The molecule has 2 aromatic carbocycles. The van der Waals surface area contributed by atoms with Gasteiger partial charge in [0.2, 0.25) is 11.8 Å². The zero-order valence-electron chi connectivity index (χ0n) is 16.3. The molecule has 0 saturated heterocycles. The summed E-state index contributed by atoms with van der Waals surface area (Å²) in [7, 11) is 0. The Labute approximate surface area is 168 Å². The second-order valence-electron chi connectivity index (χ2n) is 6.43. The molecule has 0 N–H and O–H groups in total. The molecule has 0 fully saturated rings. The van der Waals surface area contributed by atoms with Crippen LogP contribution in [0.15, 0.2) is 60.8 Å². The summed E-state index contributed by atoms with van der Waals surface area (Å²) in [5.74, 6) is -0.317. The molecule has 0 aliphatic heterocycles. The Hall–Kier alpha value is -3.09. The number of ether oxygens (including phenoxy) is 1. The molecule has 152 valence electrons. The van der Waals surface area contributed by atoms with Crippen LogP contribution in [0.4, 0.5) is 24.8 Å². The van der Waals surface area contributed by atoms with E-state index in [0.29, 0.717) is 6.54 Å². The van der Waals surface area contributed by atoms with Gasteiger partial charge in [0.25, 0.3) is 0 Å². The van der Waals surface area contributed by atoms with E-state index in [1.165, 1.54) is 5.56 Å². The Morgan fingerprint density at radius 3 is 2.21 bits per heavy atom. The van der Waals surface area contributed by atoms with E-state index in [4.69, 9.17) is 4.74 Å². The van der Waals surface area contributed by atoms with Gasteiger partial charge in [-0.3, -0.25) is 0 Å². The van der Waals surface area contributed by atoms with E-state index >= 15 is 0 Å². The molecule has 29 heavy (non-hydrogen) atoms. The highest BCUT2D eigenvalue weighted by Crippen LogP contribution is 2.36. The summed E-state index contributed by atoms with van der Waals surface area (Å²) in [5.41, 5.74) is 1.74. The molecule has 7 heteroatoms. The van der Waals surface area contributed by atoms with Gasteiger partial charge in [-0.1, -0.05) is 49.4 Å². The first kappa shape index (κ1) is 20.6. The van der Waals surface area contributed by atoms with Gasteiger partial charge in [-0.05, 0) is 36.6 Å². The van der Waals surface area contributed by atoms with Crippen LogP contribution in [0.5, 0.6) is 5.88 Å². The summed E-state index contributed by atoms with van der Waals surface area (Å²) >= 11 is 0. The van der Waals surface area contributed by atoms with Gasteiger partial charge in [0.1, 0.15) is 12.2 Å². The number of aryl methyl sites for hydroxylation is 1. The van der Waals surface area contributed by atoms with Crippen molar-refractivity contribution in [3.63, 3.8) is 0 Å². The second-order valence-corrected chi connectivity index (χ2v) is 6.43. The van der Waals surface area contributed by atoms with Gasteiger partial charge in [-0.2, -0.15) is 18.2 Å². The molecule has 0 radical (unpaired) electrons. The fourth-order valence-corrected chi connectivity index (χ4v) is 2.87. The lowest BCUT2D eigenvalue weighted by Gasteiger charge is -2.22. The Balaban J connectivity index is 1.93. The first-order chi connectivity index (χ1) is 13.9. The Kier molecular flexibility index (Phi) is 6.36. The number of halogens is 3. The lowest BCUT2D eigenvalue weighted by Crippen LogP contribution is -2.20. The predicted octanol–water partition coefficient (Wildman–Crippen LogP) is 5.79. The van der Waals surface area contributed by atoms with Crippen LogP contribution in [0.25, 0.3) is 0 Å². The highest BCUT2D eigenvalue weighted by Gasteiger charge is 2.36. The van der Waals surface area contributed by atoms with Crippen LogP contribution in [-0.2, 0) is 19.2 Å². The highest BCUT2D eigenvalue weighted by atomic mass is 19.4. The van der Waals surface area contributed by atoms with Gasteiger partial charge in [-0.15, -0.1) is 0 Å². The number of aromatic nitrogens is 2. The molecule has 0 atom stereocenters. The van der Waals surface area contributed by atoms with Crippen LogP contribution in [0.3, 0.4) is 0 Å². The van der Waals surface area contributed by atoms with Crippen LogP contribution < -0.4 is 9.64 Å². The summed E-state index contributed by atoms with van der Waals surface area (Å²) in [5, 5.41) is 0. The van der Waals surface area contributed by atoms with E-state index in [1.807, 2.05) is 37.3 Å². The van der Waals surface area contributed by atoms with Gasteiger partial charge in [0, 0.05) is 18.4 Å². The largest absolute Gasteiger partial charge is 0.472 e. The summed E-state index contributed by atoms with van der Waals surface area (Å²) < 4.78 is 45.7. The number of nitrogens with zero attached hydrogens (tertiary/aromatic N) is 3. The molecule has 1 heterocycles. The maximum atomic E-state index is 13.4. The molecule has 0 amide bonds. The molecular weight excluding hydrogens is 379 g/mol. The minimum Gasteiger partial charge on any atom is -0.472 e. The third-order valence-corrected chi connectivity index (χ3v) is 4.48. The van der Waals surface area contributed by atoms with Crippen molar-refractivity contribution in [2.75, 3.05) is 11.4 Å². The highest BCUT2D eigenvalue weighted by molar-refractivity contribution is 5.58. The van der Waals surface area contributed by atoms with Crippen molar-refractivity contribution in [1.82, 2.24) is 9.97 Å². The topological polar surface area (TPSA) is 38.2 Å². The number of alkyl halides is 3. The van der Waals surface area contributed by atoms with Crippen molar-refractivity contribution in [3.8, 4) is 5.88 Å². The zero-order chi connectivity index (χ0) is 20.9. The first-order valence-electron chi connectivity index (χ1n) is 9.39. The van der Waals surface area contributed by atoms with Crippen LogP contribution in [0.2, 0.25) is 0 Å². The molecule has 3 aromatic rings. The smallest absolute Gasteiger partial charge is 0.423 e. The van der Waals surface area contributed by atoms with E-state index in [0.717, 1.165) is 23.9 Å². The van der Waals surface area contributed by atoms with Crippen molar-refractivity contribution in [1.29, 1.82) is 0 Å². The van der Waals surface area contributed by atoms with Crippen molar-refractivity contribution >= 4 is 11.6 Å². The molecule has 0 aliphatic carbocycles. The lowest BCUT2D eigenvalue weighted by molar-refractivity contribution is -0.139. The summed E-state index contributed by atoms with van der Waals surface area (Å²) in [4.78, 5) is 9.83. The van der Waals surface area contributed by atoms with Crippen molar-refractivity contribution < 1.29 is 17.9 Å². The van der Waals surface area contributed by atoms with Crippen LogP contribution in [0.1, 0.15) is 30.5 Å². The number of hydrogen-bond acceptors (Lipinski definition) is 4. The second kappa shape index (κ2) is 8.94. The molecule has 0 aliphatic rings. The van der Waals surface area contributed by atoms with Crippen molar-refractivity contribution in [2.45, 2.75) is 33.1 Å². The summed E-state index contributed by atoms with van der Waals surface area (Å²) in [6, 6.07) is 16.8. The van der Waals surface area contributed by atoms with E-state index in [-0.39, 0.29) is 12.6 Å². The number of benzene rings is 2. The maximum absolute atomic E-state index is 13.4. The predicted molar refractivity (Wildman–Crippen MR) is 106 cm³/mol. The number of hydrogen-bond donors (Lipinski definition) is 0. The van der Waals surface area contributed by atoms with Gasteiger partial charge in [-0.25, -0.2) is 4.98 Å². The van der Waals surface area contributed by atoms with E-state index in [9.17, 15) is 13.2 Å². The minimum atomic E-state index is -4.61. The maximum Gasteiger partial charge on any atom is 0.423 e. The number of anilines is 2. The average Bonchev–Trinajstić information content (AvgIpc) is 2.73. The lowest BCUT2D eigenvalue weighted by atomic mass is 10.1. The van der Waals surface area contributed by atoms with Crippen LogP contribution in [-0.4, -0.2) is 16.5 Å². The third kappa shape index (κ3) is 5.04. The normalized spacial score (nSPS) is 11.3. The molecule has 1 aromatic heterocycles. The quantitative estimate of drug-likeness (QED) is 0.502. The summed E-state index contributed by atoms with van der Waals surface area (Å²) in [6.45, 7) is 4.42. The molecule has 0 bridgehead atoms. The monoisotopic (exact) mass is 401 g/mol. The molecule has 0 unspecified atom stereocenters. The van der Waals surface area contributed by atoms with Crippen molar-refractivity contribution in [2.24, 2.45) is 0 Å². The third-order valence-electron chi connectivity index (χ3n) is 4.48. The fourth-order valence-electron chi connectivity index (χ4n) is 2.87. The minimum absolute atomic E-state index is 0.0162. The van der Waals surface area contributed by atoms with Crippen LogP contribution >= 0.6 is 0 Å². The molecule has 0 spiro atoms. The van der Waals surface area contributed by atoms with E-state index < -0.39 is 17.6 Å². The van der Waals surface area contributed by atoms with Gasteiger partial charge >= 0.3 is 6.18 Å². The Morgan fingerprint density at radius 1 is 0.931 bits per heavy atom. The van der Waals surface area contributed by atoms with Gasteiger partial charge < -0.3 is 9.64 Å². The average molecular weight is 401 g/mol. The Bertz CT molecular complexity index is 928. The zero-order valence-corrected chi connectivity index (χ0v) is 16.3. The van der Waals surface area contributed by atoms with Crippen LogP contribution in [0, 0.1) is 0 Å². The van der Waals surface area contributed by atoms with E-state index in [2.05, 4.69) is 16.9 Å². The van der Waals surface area contributed by atoms with Gasteiger partial charge in [0.05, 0.1) is 0 Å². The Morgan fingerprint density at radius 2 is 1.62 bits per heavy atom. The first-order valence-corrected chi connectivity index (χ1v) is 9.39. The molecule has 0 saturated carbocycles. The molecule has 4 nitrogen and oxygen atoms in total.